The predicted octanol–water partition coefficient (Wildman–Crippen LogP) is 3.92. The fourth-order valence-electron chi connectivity index (χ4n) is 1.86. The van der Waals surface area contributed by atoms with Crippen molar-refractivity contribution >= 4 is 27.6 Å². The van der Waals surface area contributed by atoms with Crippen molar-refractivity contribution < 1.29 is 9.53 Å². The fourth-order valence-corrected chi connectivity index (χ4v) is 3.58. The van der Waals surface area contributed by atoms with Crippen LogP contribution in [0, 0.1) is 0 Å². The number of esters is 1. The summed E-state index contributed by atoms with van der Waals surface area (Å²) in [5.41, 5.74) is 6.98. The summed E-state index contributed by atoms with van der Waals surface area (Å²) in [5.74, 6) is 1.15. The Kier molecular flexibility index (Phi) is 6.83. The van der Waals surface area contributed by atoms with E-state index in [0.717, 1.165) is 16.2 Å². The van der Waals surface area contributed by atoms with Gasteiger partial charge in [0, 0.05) is 5.75 Å². The van der Waals surface area contributed by atoms with E-state index in [1.165, 1.54) is 0 Å². The van der Waals surface area contributed by atoms with Crippen molar-refractivity contribution in [1.29, 1.82) is 0 Å². The average molecular weight is 333 g/mol. The Hall–Kier alpha value is -1.43. The van der Waals surface area contributed by atoms with Crippen LogP contribution in [0.25, 0.3) is 0 Å². The fraction of sp³-hybridized carbons (Fsp3) is 0.235. The van der Waals surface area contributed by atoms with Gasteiger partial charge >= 0.3 is 5.97 Å². The molecule has 2 aromatic carbocycles. The summed E-state index contributed by atoms with van der Waals surface area (Å²) in [6, 6.07) is 16.6. The van der Waals surface area contributed by atoms with Gasteiger partial charge in [0.15, 0.2) is 0 Å². The Balaban J connectivity index is 1.99. The SMILES string of the molecule is CCSSc1ccccc1OC(=O)C(N)Cc1ccccc1. The Bertz CT molecular complexity index is 605. The summed E-state index contributed by atoms with van der Waals surface area (Å²) in [4.78, 5) is 13.1. The third-order valence-corrected chi connectivity index (χ3v) is 5.40. The van der Waals surface area contributed by atoms with E-state index in [0.29, 0.717) is 12.2 Å². The van der Waals surface area contributed by atoms with Crippen molar-refractivity contribution in [3.8, 4) is 5.75 Å². The average Bonchev–Trinajstić information content (AvgIpc) is 2.55. The molecule has 1 atom stereocenters. The van der Waals surface area contributed by atoms with Gasteiger partial charge in [0.1, 0.15) is 11.8 Å². The lowest BCUT2D eigenvalue weighted by atomic mass is 10.1. The Morgan fingerprint density at radius 1 is 1.14 bits per heavy atom. The Morgan fingerprint density at radius 2 is 1.82 bits per heavy atom. The van der Waals surface area contributed by atoms with Gasteiger partial charge in [0.25, 0.3) is 0 Å². The molecule has 0 spiro atoms. The highest BCUT2D eigenvalue weighted by molar-refractivity contribution is 8.76. The molecule has 116 valence electrons. The molecule has 2 N–H and O–H groups in total. The zero-order valence-corrected chi connectivity index (χ0v) is 14.0. The van der Waals surface area contributed by atoms with E-state index < -0.39 is 12.0 Å². The molecule has 3 nitrogen and oxygen atoms in total. The molecule has 0 fully saturated rings. The second kappa shape index (κ2) is 8.88. The van der Waals surface area contributed by atoms with E-state index in [2.05, 4.69) is 6.92 Å². The first-order valence-corrected chi connectivity index (χ1v) is 9.42. The van der Waals surface area contributed by atoms with Crippen molar-refractivity contribution in [2.75, 3.05) is 5.75 Å². The maximum absolute atomic E-state index is 12.2. The molecule has 0 aliphatic carbocycles. The van der Waals surface area contributed by atoms with E-state index >= 15 is 0 Å². The second-order valence-corrected chi connectivity index (χ2v) is 7.28. The number of benzene rings is 2. The van der Waals surface area contributed by atoms with E-state index in [9.17, 15) is 4.79 Å². The monoisotopic (exact) mass is 333 g/mol. The minimum absolute atomic E-state index is 0.404. The molecule has 2 aromatic rings. The van der Waals surface area contributed by atoms with E-state index in [4.69, 9.17) is 10.5 Å². The summed E-state index contributed by atoms with van der Waals surface area (Å²) >= 11 is 0. The first-order valence-electron chi connectivity index (χ1n) is 7.10. The Morgan fingerprint density at radius 3 is 2.55 bits per heavy atom. The minimum atomic E-state index is -0.667. The van der Waals surface area contributed by atoms with Crippen molar-refractivity contribution in [2.24, 2.45) is 5.73 Å². The number of carbonyl (C=O) groups is 1. The van der Waals surface area contributed by atoms with Gasteiger partial charge in [-0.3, -0.25) is 0 Å². The molecule has 5 heteroatoms. The van der Waals surface area contributed by atoms with Crippen LogP contribution in [-0.2, 0) is 11.2 Å². The van der Waals surface area contributed by atoms with E-state index in [1.54, 1.807) is 27.7 Å². The van der Waals surface area contributed by atoms with Crippen LogP contribution in [0.1, 0.15) is 12.5 Å². The Labute approximate surface area is 139 Å². The van der Waals surface area contributed by atoms with Gasteiger partial charge in [-0.15, -0.1) is 0 Å². The molecule has 0 heterocycles. The number of hydrogen-bond acceptors (Lipinski definition) is 5. The topological polar surface area (TPSA) is 52.3 Å². The maximum Gasteiger partial charge on any atom is 0.328 e. The lowest BCUT2D eigenvalue weighted by molar-refractivity contribution is -0.136. The minimum Gasteiger partial charge on any atom is -0.424 e. The summed E-state index contributed by atoms with van der Waals surface area (Å²) < 4.78 is 5.48. The third-order valence-electron chi connectivity index (χ3n) is 2.93. The van der Waals surface area contributed by atoms with Crippen molar-refractivity contribution in [3.63, 3.8) is 0 Å². The van der Waals surface area contributed by atoms with Crippen LogP contribution in [0.3, 0.4) is 0 Å². The molecule has 0 saturated heterocycles. The zero-order chi connectivity index (χ0) is 15.8. The lowest BCUT2D eigenvalue weighted by Gasteiger charge is -2.13. The number of hydrogen-bond donors (Lipinski definition) is 1. The molecular weight excluding hydrogens is 314 g/mol. The van der Waals surface area contributed by atoms with Crippen molar-refractivity contribution in [3.05, 3.63) is 60.2 Å². The van der Waals surface area contributed by atoms with Gasteiger partial charge < -0.3 is 10.5 Å². The molecule has 22 heavy (non-hydrogen) atoms. The zero-order valence-electron chi connectivity index (χ0n) is 12.4. The first kappa shape index (κ1) is 16.9. The summed E-state index contributed by atoms with van der Waals surface area (Å²) in [6.45, 7) is 2.09. The number of carbonyl (C=O) groups excluding carboxylic acids is 1. The van der Waals surface area contributed by atoms with Gasteiger partial charge in [-0.1, -0.05) is 71.0 Å². The van der Waals surface area contributed by atoms with Crippen LogP contribution in [0.5, 0.6) is 5.75 Å². The van der Waals surface area contributed by atoms with Crippen LogP contribution in [-0.4, -0.2) is 17.8 Å². The summed E-state index contributed by atoms with van der Waals surface area (Å²) in [6.07, 6.45) is 0.471. The molecule has 1 unspecified atom stereocenters. The number of rotatable bonds is 7. The number of ether oxygens (including phenoxy) is 1. The van der Waals surface area contributed by atoms with Gasteiger partial charge in [-0.25, -0.2) is 4.79 Å². The van der Waals surface area contributed by atoms with Gasteiger partial charge in [-0.2, -0.15) is 0 Å². The molecule has 0 aromatic heterocycles. The summed E-state index contributed by atoms with van der Waals surface area (Å²) in [7, 11) is 3.31. The van der Waals surface area contributed by atoms with Crippen LogP contribution in [0.4, 0.5) is 0 Å². The van der Waals surface area contributed by atoms with Gasteiger partial charge in [0.2, 0.25) is 0 Å². The third kappa shape index (κ3) is 5.09. The molecule has 2 rings (SSSR count). The predicted molar refractivity (Wildman–Crippen MR) is 94.2 cm³/mol. The standard InChI is InChI=1S/C17H19NO2S2/c1-2-21-22-16-11-7-6-10-15(16)20-17(19)14(18)12-13-8-4-3-5-9-13/h3-11,14H,2,12,18H2,1H3. The van der Waals surface area contributed by atoms with Crippen LogP contribution in [0.2, 0.25) is 0 Å². The molecule has 0 saturated carbocycles. The van der Waals surface area contributed by atoms with Crippen LogP contribution in [0.15, 0.2) is 59.5 Å². The van der Waals surface area contributed by atoms with Crippen LogP contribution >= 0.6 is 21.6 Å². The van der Waals surface area contributed by atoms with Gasteiger partial charge in [0.05, 0.1) is 4.90 Å². The molecule has 0 bridgehead atoms. The van der Waals surface area contributed by atoms with Gasteiger partial charge in [-0.05, 0) is 24.1 Å². The summed E-state index contributed by atoms with van der Waals surface area (Å²) in [5, 5.41) is 0. The largest absolute Gasteiger partial charge is 0.424 e. The normalized spacial score (nSPS) is 11.9. The molecule has 0 amide bonds. The van der Waals surface area contributed by atoms with Crippen LogP contribution < -0.4 is 10.5 Å². The number of para-hydroxylation sites is 1. The van der Waals surface area contributed by atoms with Crippen molar-refractivity contribution in [1.82, 2.24) is 0 Å². The lowest BCUT2D eigenvalue weighted by Crippen LogP contribution is -2.36. The highest BCUT2D eigenvalue weighted by Gasteiger charge is 2.18. The second-order valence-electron chi connectivity index (χ2n) is 4.65. The molecule has 0 radical (unpaired) electrons. The van der Waals surface area contributed by atoms with Crippen molar-refractivity contribution in [2.45, 2.75) is 24.3 Å². The smallest absolute Gasteiger partial charge is 0.328 e. The highest BCUT2D eigenvalue weighted by atomic mass is 33.1. The first-order chi connectivity index (χ1) is 10.7. The maximum atomic E-state index is 12.2. The molecule has 0 aliphatic heterocycles. The highest BCUT2D eigenvalue weighted by Crippen LogP contribution is 2.37. The van der Waals surface area contributed by atoms with E-state index in [1.807, 2.05) is 48.5 Å². The number of nitrogens with two attached hydrogens (primary N) is 1. The van der Waals surface area contributed by atoms with E-state index in [-0.39, 0.29) is 0 Å². The molecular formula is C17H19NO2S2. The molecule has 0 aliphatic rings. The quantitative estimate of drug-likeness (QED) is 0.473.